The Labute approximate surface area is 482 Å². The molecule has 2 spiro atoms. The van der Waals surface area contributed by atoms with Gasteiger partial charge in [0.15, 0.2) is 11.6 Å². The third kappa shape index (κ3) is 14.1. The first-order valence-corrected chi connectivity index (χ1v) is 26.6. The number of nitrogens with zero attached hydrogens (tertiary/aromatic N) is 2. The standard InChI is InChI=1S/C27H24F2N2O3.C19H20BF2NO3.C14H16BrNO2.3CH4/c1-31-13-11-27(12-14-31)16-23(32)20-15-18(7-10-24(20)34-27)17-5-8-19(9-6-17)30-26(33)25-21(28)3-2-4-22(25)29;1-18(2)19(3,4)26-20(25-18)12-8-10-13(11-9-12)23-17(24)16-14(21)6-5-7-15(16)22;1-16-6-4-14(5-7-16)9-12(17)11-8-10(15)2-3-13(11)18-14;;;/h2-10,15H,11-14,16H2,1H3,(H,30,33);5-11H,1-4H3,(H,23,24);2-3,8H,4-7,9H2,1H3;3*1H4. The molecule has 5 aliphatic heterocycles. The number of carbonyl (C=O) groups is 4. The minimum absolute atomic E-state index is 0. The zero-order valence-electron chi connectivity index (χ0n) is 44.2. The molecule has 2 amide bonds. The third-order valence-electron chi connectivity index (χ3n) is 15.5. The number of likely N-dealkylation sites (tertiary alicyclic amines) is 2. The second-order valence-electron chi connectivity index (χ2n) is 21.6. The zero-order chi connectivity index (χ0) is 55.7. The predicted molar refractivity (Wildman–Crippen MR) is 315 cm³/mol. The first kappa shape index (κ1) is 63.5. The third-order valence-corrected chi connectivity index (χ3v) is 16.0. The molecule has 0 aliphatic carbocycles. The van der Waals surface area contributed by atoms with Gasteiger partial charge in [-0.25, -0.2) is 17.6 Å². The monoisotopic (exact) mass is 1180 g/mol. The molecule has 0 aromatic heterocycles. The van der Waals surface area contributed by atoms with Crippen molar-refractivity contribution < 1.29 is 55.5 Å². The van der Waals surface area contributed by atoms with E-state index in [0.29, 0.717) is 41.1 Å². The van der Waals surface area contributed by atoms with Crippen LogP contribution < -0.4 is 25.6 Å². The quantitative estimate of drug-likeness (QED) is 0.123. The Balaban J connectivity index is 0.000000201. The molecule has 6 aromatic carbocycles. The number of amides is 2. The highest BCUT2D eigenvalue weighted by Crippen LogP contribution is 2.42. The normalized spacial score (nSPS) is 18.0. The van der Waals surface area contributed by atoms with E-state index in [1.165, 1.54) is 12.1 Å². The van der Waals surface area contributed by atoms with E-state index in [9.17, 15) is 36.7 Å². The summed E-state index contributed by atoms with van der Waals surface area (Å²) in [7, 11) is 3.67. The number of benzene rings is 6. The molecule has 2 N–H and O–H groups in total. The fraction of sp³-hybridized carbons (Fsp3) is 0.365. The first-order chi connectivity index (χ1) is 37.0. The van der Waals surface area contributed by atoms with Gasteiger partial charge in [-0.15, -0.1) is 0 Å². The summed E-state index contributed by atoms with van der Waals surface area (Å²) in [5, 5.41) is 5.00. The second-order valence-corrected chi connectivity index (χ2v) is 22.5. The summed E-state index contributed by atoms with van der Waals surface area (Å²) < 4.78 is 80.4. The number of carbonyl (C=O) groups excluding carboxylic acids is 4. The van der Waals surface area contributed by atoms with E-state index in [-0.39, 0.29) is 39.4 Å². The van der Waals surface area contributed by atoms with E-state index in [2.05, 4.69) is 50.5 Å². The highest BCUT2D eigenvalue weighted by atomic mass is 79.9. The van der Waals surface area contributed by atoms with E-state index in [1.54, 1.807) is 48.5 Å². The van der Waals surface area contributed by atoms with Crippen molar-refractivity contribution in [2.75, 3.05) is 50.9 Å². The molecule has 430 valence electrons. The highest BCUT2D eigenvalue weighted by Gasteiger charge is 2.52. The van der Waals surface area contributed by atoms with Gasteiger partial charge >= 0.3 is 7.12 Å². The van der Waals surface area contributed by atoms with Gasteiger partial charge < -0.3 is 39.2 Å². The Kier molecular flexibility index (Phi) is 20.1. The molecule has 5 aliphatic rings. The van der Waals surface area contributed by atoms with Crippen LogP contribution >= 0.6 is 15.9 Å². The van der Waals surface area contributed by atoms with Gasteiger partial charge in [-0.05, 0) is 137 Å². The summed E-state index contributed by atoms with van der Waals surface area (Å²) in [5.41, 5.74) is 1.78. The van der Waals surface area contributed by atoms with Crippen molar-refractivity contribution in [3.63, 3.8) is 0 Å². The molecule has 81 heavy (non-hydrogen) atoms. The van der Waals surface area contributed by atoms with E-state index < -0.39 is 70.1 Å². The van der Waals surface area contributed by atoms with Crippen LogP contribution in [0.2, 0.25) is 0 Å². The number of hydrogen-bond acceptors (Lipinski definition) is 10. The van der Waals surface area contributed by atoms with Crippen LogP contribution in [-0.4, -0.2) is 103 Å². The molecule has 0 atom stereocenters. The Morgan fingerprint density at radius 2 is 0.901 bits per heavy atom. The van der Waals surface area contributed by atoms with Crippen molar-refractivity contribution in [3.05, 3.63) is 171 Å². The molecule has 3 fully saturated rings. The van der Waals surface area contributed by atoms with Crippen LogP contribution in [0, 0.1) is 23.3 Å². The zero-order valence-corrected chi connectivity index (χ0v) is 45.8. The number of Topliss-reactive ketones (excluding diaryl/α,β-unsaturated/α-hetero) is 2. The van der Waals surface area contributed by atoms with Gasteiger partial charge in [-0.1, -0.05) is 80.7 Å². The van der Waals surface area contributed by atoms with Gasteiger partial charge in [-0.3, -0.25) is 19.2 Å². The Hall–Kier alpha value is -6.70. The van der Waals surface area contributed by atoms with Crippen LogP contribution in [0.15, 0.2) is 126 Å². The average molecular weight is 1180 g/mol. The van der Waals surface area contributed by atoms with Gasteiger partial charge in [0.1, 0.15) is 57.1 Å². The maximum atomic E-state index is 13.9. The fourth-order valence-electron chi connectivity index (χ4n) is 10.0. The molecule has 11 rings (SSSR count). The summed E-state index contributed by atoms with van der Waals surface area (Å²) in [5.74, 6) is -3.68. The smallest absolute Gasteiger partial charge is 0.486 e. The SMILES string of the molecule is C.C.C.CC1(C)OB(c2ccc(NC(=O)c3c(F)cccc3F)cc2)OC1(C)C.CN1CCC2(CC1)CC(=O)c1cc(-c3ccc(NC(=O)c4c(F)cccc4F)cc3)ccc1O2.CN1CCC2(CC1)CC(=O)c1cc(Br)ccc1O2. The number of nitrogens with one attached hydrogen (secondary N) is 2. The van der Waals surface area contributed by atoms with E-state index in [1.807, 2.05) is 64.1 Å². The average Bonchev–Trinajstić information content (AvgIpc) is 3.81. The molecular formula is C63H72BBrF4N4O8. The van der Waals surface area contributed by atoms with Crippen molar-refractivity contribution in [1.29, 1.82) is 0 Å². The summed E-state index contributed by atoms with van der Waals surface area (Å²) in [6, 6.07) is 31.5. The van der Waals surface area contributed by atoms with Crippen LogP contribution in [0.1, 0.15) is 130 Å². The number of rotatable bonds is 6. The molecule has 0 bridgehead atoms. The number of ether oxygens (including phenoxy) is 2. The minimum atomic E-state index is -0.919. The molecule has 0 radical (unpaired) electrons. The summed E-state index contributed by atoms with van der Waals surface area (Å²) in [4.78, 5) is 54.2. The lowest BCUT2D eigenvalue weighted by atomic mass is 9.79. The van der Waals surface area contributed by atoms with E-state index in [0.717, 1.165) is 103 Å². The molecule has 0 saturated carbocycles. The maximum Gasteiger partial charge on any atom is 0.494 e. The van der Waals surface area contributed by atoms with Crippen LogP contribution in [0.4, 0.5) is 28.9 Å². The second kappa shape index (κ2) is 25.6. The summed E-state index contributed by atoms with van der Waals surface area (Å²) >= 11 is 3.40. The lowest BCUT2D eigenvalue weighted by Gasteiger charge is -2.43. The summed E-state index contributed by atoms with van der Waals surface area (Å²) in [6.07, 6.45) is 4.44. The Morgan fingerprint density at radius 3 is 1.32 bits per heavy atom. The van der Waals surface area contributed by atoms with Gasteiger partial charge in [0.2, 0.25) is 0 Å². The molecule has 6 aromatic rings. The Morgan fingerprint density at radius 1 is 0.531 bits per heavy atom. The first-order valence-electron chi connectivity index (χ1n) is 25.8. The maximum absolute atomic E-state index is 13.9. The van der Waals surface area contributed by atoms with Crippen molar-refractivity contribution in [2.45, 2.75) is 111 Å². The highest BCUT2D eigenvalue weighted by molar-refractivity contribution is 9.10. The van der Waals surface area contributed by atoms with Crippen molar-refractivity contribution in [3.8, 4) is 22.6 Å². The number of hydrogen-bond donors (Lipinski definition) is 2. The number of piperidine rings is 2. The number of anilines is 2. The van der Waals surface area contributed by atoms with Crippen LogP contribution in [0.5, 0.6) is 11.5 Å². The van der Waals surface area contributed by atoms with Crippen molar-refractivity contribution >= 4 is 63.3 Å². The number of ketones is 2. The lowest BCUT2D eigenvalue weighted by Crippen LogP contribution is -2.50. The molecular weight excluding hydrogens is 1110 g/mol. The predicted octanol–water partition coefficient (Wildman–Crippen LogP) is 13.6. The number of fused-ring (bicyclic) bond motifs is 2. The molecule has 0 unspecified atom stereocenters. The molecule has 3 saturated heterocycles. The van der Waals surface area contributed by atoms with Crippen LogP contribution in [-0.2, 0) is 9.31 Å². The molecule has 18 heteroatoms. The molecule has 5 heterocycles. The van der Waals surface area contributed by atoms with E-state index in [4.69, 9.17) is 18.8 Å². The van der Waals surface area contributed by atoms with Crippen LogP contribution in [0.25, 0.3) is 11.1 Å². The van der Waals surface area contributed by atoms with Gasteiger partial charge in [-0.2, -0.15) is 0 Å². The van der Waals surface area contributed by atoms with Crippen molar-refractivity contribution in [2.24, 2.45) is 0 Å². The lowest BCUT2D eigenvalue weighted by molar-refractivity contribution is -0.00426. The van der Waals surface area contributed by atoms with Gasteiger partial charge in [0.05, 0.1) is 35.2 Å². The Bertz CT molecular complexity index is 3200. The topological polar surface area (TPSA) is 136 Å². The fourth-order valence-corrected chi connectivity index (χ4v) is 10.4. The van der Waals surface area contributed by atoms with E-state index >= 15 is 0 Å². The van der Waals surface area contributed by atoms with Crippen LogP contribution in [0.3, 0.4) is 0 Å². The molecule has 12 nitrogen and oxygen atoms in total. The van der Waals surface area contributed by atoms with Gasteiger partial charge in [0, 0.05) is 67.7 Å². The van der Waals surface area contributed by atoms with Gasteiger partial charge in [0.25, 0.3) is 11.8 Å². The number of halogens is 5. The minimum Gasteiger partial charge on any atom is -0.486 e. The largest absolute Gasteiger partial charge is 0.494 e. The van der Waals surface area contributed by atoms with Crippen molar-refractivity contribution in [1.82, 2.24) is 9.80 Å². The summed E-state index contributed by atoms with van der Waals surface area (Å²) in [6.45, 7) is 11.7.